The fraction of sp³-hybridized carbons (Fsp3) is 0.273. The largest absolute Gasteiger partial charge is 0.453 e. The van der Waals surface area contributed by atoms with E-state index >= 15 is 4.39 Å². The number of amides is 3. The molecule has 4 N–H and O–H groups in total. The van der Waals surface area contributed by atoms with Crippen LogP contribution in [0.5, 0.6) is 11.5 Å². The van der Waals surface area contributed by atoms with Gasteiger partial charge in [0.2, 0.25) is 5.91 Å². The normalized spacial score (nSPS) is 11.9. The number of halogens is 3. The topological polar surface area (TPSA) is 137 Å². The van der Waals surface area contributed by atoms with Crippen molar-refractivity contribution in [3.05, 3.63) is 84.1 Å². The summed E-state index contributed by atoms with van der Waals surface area (Å²) >= 11 is 1.36. The summed E-state index contributed by atoms with van der Waals surface area (Å²) in [5.41, 5.74) is 7.41. The number of nitrogens with two attached hydrogens (primary N) is 1. The van der Waals surface area contributed by atoms with E-state index in [1.807, 2.05) is 31.5 Å². The Balaban J connectivity index is 1.32. The maximum absolute atomic E-state index is 15.1. The summed E-state index contributed by atoms with van der Waals surface area (Å²) in [6.07, 6.45) is 3.25. The number of benzene rings is 2. The van der Waals surface area contributed by atoms with E-state index in [1.165, 1.54) is 23.5 Å². The van der Waals surface area contributed by atoms with E-state index < -0.39 is 29.5 Å². The molecule has 0 aliphatic rings. The molecule has 11 nitrogen and oxygen atoms in total. The number of rotatable bonds is 12. The number of aromatic nitrogens is 3. The lowest BCUT2D eigenvalue weighted by atomic mass is 10.0. The van der Waals surface area contributed by atoms with Gasteiger partial charge in [-0.25, -0.2) is 22.9 Å². The van der Waals surface area contributed by atoms with Crippen molar-refractivity contribution in [1.29, 1.82) is 0 Å². The molecule has 0 aliphatic carbocycles. The number of hydrogen-bond donors (Lipinski definition) is 3. The summed E-state index contributed by atoms with van der Waals surface area (Å²) in [7, 11) is 3.43. The third kappa shape index (κ3) is 7.75. The molecule has 0 bridgehead atoms. The minimum atomic E-state index is -0.952. The second-order valence-electron chi connectivity index (χ2n) is 11.2. The van der Waals surface area contributed by atoms with Gasteiger partial charge in [0.1, 0.15) is 23.2 Å². The number of hydrogen-bond acceptors (Lipinski definition) is 8. The standard InChI is InChI=1S/C33H34F3N7O4S/c1-18(2)29(37)32(44)43(11-12-46-4)17-21-16-39-31(42(21)3)28-15-25-30(48-28)27(9-10-38-25)47-26-8-6-20(14-23(26)36)40-33(45)41-24-7-5-19(34)13-22(24)35/h5-10,13-16,18,29H,11-12,17,37H2,1-4H3,(H2,40,41,45)/t29-/m0/s1. The average molecular weight is 682 g/mol. The van der Waals surface area contributed by atoms with E-state index in [0.29, 0.717) is 47.6 Å². The van der Waals surface area contributed by atoms with Gasteiger partial charge in [-0.3, -0.25) is 9.78 Å². The number of pyridine rings is 1. The highest BCUT2D eigenvalue weighted by Crippen LogP contribution is 2.39. The van der Waals surface area contributed by atoms with E-state index in [0.717, 1.165) is 28.8 Å². The number of imidazole rings is 1. The Morgan fingerprint density at radius 1 is 1.02 bits per heavy atom. The van der Waals surface area contributed by atoms with Crippen LogP contribution >= 0.6 is 11.3 Å². The van der Waals surface area contributed by atoms with Crippen LogP contribution in [0.3, 0.4) is 0 Å². The van der Waals surface area contributed by atoms with Crippen molar-refractivity contribution in [3.63, 3.8) is 0 Å². The average Bonchev–Trinajstić information content (AvgIpc) is 3.64. The van der Waals surface area contributed by atoms with E-state index in [2.05, 4.69) is 20.6 Å². The molecule has 0 saturated carbocycles. The van der Waals surface area contributed by atoms with E-state index in [-0.39, 0.29) is 28.9 Å². The molecule has 0 radical (unpaired) electrons. The van der Waals surface area contributed by atoms with Gasteiger partial charge in [-0.1, -0.05) is 13.8 Å². The van der Waals surface area contributed by atoms with Crippen LogP contribution < -0.4 is 21.1 Å². The van der Waals surface area contributed by atoms with Crippen molar-refractivity contribution in [1.82, 2.24) is 19.4 Å². The summed E-state index contributed by atoms with van der Waals surface area (Å²) in [6.45, 7) is 4.83. The highest BCUT2D eigenvalue weighted by molar-refractivity contribution is 7.22. The van der Waals surface area contributed by atoms with Crippen molar-refractivity contribution in [3.8, 4) is 22.2 Å². The van der Waals surface area contributed by atoms with E-state index in [4.69, 9.17) is 15.2 Å². The molecule has 0 saturated heterocycles. The Labute approximate surface area is 278 Å². The van der Waals surface area contributed by atoms with E-state index in [1.54, 1.807) is 30.5 Å². The molecule has 1 atom stereocenters. The van der Waals surface area contributed by atoms with Crippen molar-refractivity contribution in [2.24, 2.45) is 18.7 Å². The minimum absolute atomic E-state index is 0.0251. The van der Waals surface area contributed by atoms with Gasteiger partial charge in [0.05, 0.1) is 51.9 Å². The van der Waals surface area contributed by atoms with Gasteiger partial charge in [-0.15, -0.1) is 11.3 Å². The van der Waals surface area contributed by atoms with Gasteiger partial charge in [-0.05, 0) is 36.2 Å². The number of fused-ring (bicyclic) bond motifs is 1. The van der Waals surface area contributed by atoms with Gasteiger partial charge >= 0.3 is 6.03 Å². The molecule has 5 rings (SSSR count). The zero-order valence-corrected chi connectivity index (χ0v) is 27.4. The maximum atomic E-state index is 15.1. The Hall–Kier alpha value is -4.99. The highest BCUT2D eigenvalue weighted by Gasteiger charge is 2.25. The lowest BCUT2D eigenvalue weighted by Crippen LogP contribution is -2.47. The number of urea groups is 1. The Kier molecular flexibility index (Phi) is 10.6. The third-order valence-corrected chi connectivity index (χ3v) is 8.64. The Morgan fingerprint density at radius 3 is 2.52 bits per heavy atom. The number of ether oxygens (including phenoxy) is 2. The molecule has 3 heterocycles. The first kappa shape index (κ1) is 34.3. The third-order valence-electron chi connectivity index (χ3n) is 7.50. The van der Waals surface area contributed by atoms with Gasteiger partial charge in [0.25, 0.3) is 0 Å². The van der Waals surface area contributed by atoms with Crippen LogP contribution in [0.15, 0.2) is 60.9 Å². The van der Waals surface area contributed by atoms with Crippen LogP contribution in [-0.2, 0) is 23.1 Å². The molecular weight excluding hydrogens is 647 g/mol. The lowest BCUT2D eigenvalue weighted by Gasteiger charge is -2.27. The lowest BCUT2D eigenvalue weighted by molar-refractivity contribution is -0.135. The molecule has 2 aromatic carbocycles. The van der Waals surface area contributed by atoms with Crippen LogP contribution in [-0.4, -0.2) is 57.7 Å². The quantitative estimate of drug-likeness (QED) is 0.137. The molecule has 15 heteroatoms. The number of thiophene rings is 1. The van der Waals surface area contributed by atoms with Crippen molar-refractivity contribution in [2.45, 2.75) is 26.4 Å². The summed E-state index contributed by atoms with van der Waals surface area (Å²) < 4.78 is 55.8. The first-order valence-electron chi connectivity index (χ1n) is 14.9. The van der Waals surface area contributed by atoms with Crippen LogP contribution in [0.4, 0.5) is 29.3 Å². The van der Waals surface area contributed by atoms with Crippen molar-refractivity contribution >= 4 is 44.9 Å². The van der Waals surface area contributed by atoms with Crippen molar-refractivity contribution < 1.29 is 32.2 Å². The molecule has 0 fully saturated rings. The molecule has 0 spiro atoms. The summed E-state index contributed by atoms with van der Waals surface area (Å²) in [4.78, 5) is 36.9. The van der Waals surface area contributed by atoms with Crippen LogP contribution in [0.2, 0.25) is 0 Å². The van der Waals surface area contributed by atoms with Crippen LogP contribution in [0.1, 0.15) is 19.5 Å². The molecule has 0 aliphatic heterocycles. The summed E-state index contributed by atoms with van der Waals surface area (Å²) in [5, 5.41) is 4.65. The molecule has 0 unspecified atom stereocenters. The molecule has 48 heavy (non-hydrogen) atoms. The van der Waals surface area contributed by atoms with Gasteiger partial charge in [0.15, 0.2) is 11.6 Å². The highest BCUT2D eigenvalue weighted by atomic mass is 32.1. The molecule has 3 aromatic heterocycles. The van der Waals surface area contributed by atoms with Gasteiger partial charge in [-0.2, -0.15) is 0 Å². The number of carbonyl (C=O) groups is 2. The van der Waals surface area contributed by atoms with Gasteiger partial charge in [0, 0.05) is 50.8 Å². The fourth-order valence-electron chi connectivity index (χ4n) is 4.74. The second-order valence-corrected chi connectivity index (χ2v) is 12.3. The number of methoxy groups -OCH3 is 1. The molecule has 3 amide bonds. The summed E-state index contributed by atoms with van der Waals surface area (Å²) in [6, 6.07) is 8.50. The number of nitrogens with one attached hydrogen (secondary N) is 2. The fourth-order valence-corrected chi connectivity index (χ4v) is 5.84. The summed E-state index contributed by atoms with van der Waals surface area (Å²) in [5.74, 6) is -1.80. The zero-order chi connectivity index (χ0) is 34.5. The monoisotopic (exact) mass is 681 g/mol. The predicted octanol–water partition coefficient (Wildman–Crippen LogP) is 6.51. The number of carbonyl (C=O) groups excluding carboxylic acids is 2. The predicted molar refractivity (Wildman–Crippen MR) is 177 cm³/mol. The maximum Gasteiger partial charge on any atom is 0.323 e. The Bertz CT molecular complexity index is 1950. The minimum Gasteiger partial charge on any atom is -0.453 e. The second kappa shape index (κ2) is 14.8. The zero-order valence-electron chi connectivity index (χ0n) is 26.6. The smallest absolute Gasteiger partial charge is 0.323 e. The van der Waals surface area contributed by atoms with E-state index in [9.17, 15) is 18.4 Å². The first-order valence-corrected chi connectivity index (χ1v) is 15.7. The SMILES string of the molecule is COCCN(Cc1cnc(-c2cc3nccc(Oc4ccc(NC(=O)Nc5ccc(F)cc5F)cc4F)c3s2)n1C)C(=O)[C@@H](N)C(C)C. The number of nitrogens with zero attached hydrogens (tertiary/aromatic N) is 4. The molecule has 252 valence electrons. The number of anilines is 2. The first-order chi connectivity index (χ1) is 22.9. The molecule has 5 aromatic rings. The van der Waals surface area contributed by atoms with Gasteiger partial charge < -0.3 is 35.3 Å². The van der Waals surface area contributed by atoms with Crippen molar-refractivity contribution in [2.75, 3.05) is 30.9 Å². The molecular formula is C33H34F3N7O4S. The Morgan fingerprint density at radius 2 is 1.81 bits per heavy atom. The van der Waals surface area contributed by atoms with Crippen LogP contribution in [0.25, 0.3) is 20.9 Å². The van der Waals surface area contributed by atoms with Crippen LogP contribution in [0, 0.1) is 23.4 Å².